The molecule has 2 rings (SSSR count). The first-order valence-corrected chi connectivity index (χ1v) is 6.14. The van der Waals surface area contributed by atoms with Gasteiger partial charge in [-0.15, -0.1) is 0 Å². The van der Waals surface area contributed by atoms with Crippen molar-refractivity contribution in [2.75, 3.05) is 0 Å². The van der Waals surface area contributed by atoms with Crippen LogP contribution in [0.15, 0.2) is 35.7 Å². The molecule has 0 aliphatic rings. The lowest BCUT2D eigenvalue weighted by Crippen LogP contribution is -2.24. The summed E-state index contributed by atoms with van der Waals surface area (Å²) >= 11 is 0. The number of phenolic OH excluding ortho intramolecular Hbond substituents is 1. The van der Waals surface area contributed by atoms with Crippen LogP contribution in [0, 0.1) is 4.91 Å². The Morgan fingerprint density at radius 1 is 1.41 bits per heavy atom. The van der Waals surface area contributed by atoms with E-state index in [-0.39, 0.29) is 12.3 Å². The van der Waals surface area contributed by atoms with Crippen molar-refractivity contribution in [3.8, 4) is 5.75 Å². The number of nitrogens with zero attached hydrogens (tertiary/aromatic N) is 5. The number of aromatic hydroxyl groups is 1. The molecule has 10 heteroatoms. The number of aromatic nitrogens is 3. The molecule has 22 heavy (non-hydrogen) atoms. The van der Waals surface area contributed by atoms with Crippen LogP contribution in [0.25, 0.3) is 0 Å². The second-order valence-corrected chi connectivity index (χ2v) is 4.29. The van der Waals surface area contributed by atoms with Crippen LogP contribution in [-0.4, -0.2) is 41.6 Å². The third kappa shape index (κ3) is 3.85. The van der Waals surface area contributed by atoms with Gasteiger partial charge in [0.05, 0.1) is 5.71 Å². The summed E-state index contributed by atoms with van der Waals surface area (Å²) < 4.78 is 1.08. The van der Waals surface area contributed by atoms with Gasteiger partial charge in [0.15, 0.2) is 4.92 Å². The summed E-state index contributed by atoms with van der Waals surface area (Å²) in [4.78, 5) is 25.2. The second kappa shape index (κ2) is 6.43. The van der Waals surface area contributed by atoms with Crippen molar-refractivity contribution in [3.63, 3.8) is 0 Å². The van der Waals surface area contributed by atoms with E-state index < -0.39 is 16.8 Å². The first kappa shape index (κ1) is 15.1. The van der Waals surface area contributed by atoms with Crippen molar-refractivity contribution < 1.29 is 20.0 Å². The minimum absolute atomic E-state index is 0.138. The number of phenols is 1. The molecule has 114 valence electrons. The Morgan fingerprint density at radius 2 is 2.09 bits per heavy atom. The average molecular weight is 305 g/mol. The van der Waals surface area contributed by atoms with E-state index in [0.29, 0.717) is 5.71 Å². The minimum atomic E-state index is -0.498. The fourth-order valence-corrected chi connectivity index (χ4v) is 1.54. The predicted octanol–water partition coefficient (Wildman–Crippen LogP) is 0.324. The molecule has 0 fully saturated rings. The first-order chi connectivity index (χ1) is 10.5. The lowest BCUT2D eigenvalue weighted by molar-refractivity contribution is -0.734. The number of hydrogen-bond acceptors (Lipinski definition) is 6. The van der Waals surface area contributed by atoms with Crippen molar-refractivity contribution in [2.45, 2.75) is 13.5 Å². The van der Waals surface area contributed by atoms with Gasteiger partial charge < -0.3 is 10.3 Å². The van der Waals surface area contributed by atoms with Gasteiger partial charge in [0, 0.05) is 5.10 Å². The predicted molar refractivity (Wildman–Crippen MR) is 73.6 cm³/mol. The zero-order valence-corrected chi connectivity index (χ0v) is 11.5. The van der Waals surface area contributed by atoms with Crippen LogP contribution in [0.3, 0.4) is 0 Å². The minimum Gasteiger partial charge on any atom is -0.508 e. The normalized spacial score (nSPS) is 11.2. The van der Waals surface area contributed by atoms with Gasteiger partial charge in [-0.1, -0.05) is 4.91 Å². The maximum atomic E-state index is 11.7. The Kier molecular flexibility index (Phi) is 4.41. The van der Waals surface area contributed by atoms with Gasteiger partial charge in [0.1, 0.15) is 12.3 Å². The highest BCUT2D eigenvalue weighted by molar-refractivity contribution is 5.99. The molecule has 0 saturated carbocycles. The lowest BCUT2D eigenvalue weighted by atomic mass is 10.1. The highest BCUT2D eigenvalue weighted by atomic mass is 16.6. The molecule has 2 aromatic rings. The fourth-order valence-electron chi connectivity index (χ4n) is 1.54. The summed E-state index contributed by atoms with van der Waals surface area (Å²) in [5, 5.41) is 25.3. The van der Waals surface area contributed by atoms with E-state index >= 15 is 0 Å². The Labute approximate surface area is 124 Å². The first-order valence-electron chi connectivity index (χ1n) is 6.14. The second-order valence-electron chi connectivity index (χ2n) is 4.29. The summed E-state index contributed by atoms with van der Waals surface area (Å²) in [6.07, 6.45) is 1.13. The SMILES string of the molecule is C/C(=N\NC(=O)Cn1cnc([N+](=O)O)n1)c1ccc(O)cc1. The van der Waals surface area contributed by atoms with Crippen LogP contribution < -0.4 is 5.43 Å². The topological polar surface area (TPSA) is 133 Å². The molecule has 1 aromatic carbocycles. The van der Waals surface area contributed by atoms with E-state index in [1.54, 1.807) is 19.1 Å². The van der Waals surface area contributed by atoms with E-state index in [2.05, 4.69) is 20.6 Å². The van der Waals surface area contributed by atoms with Crippen LogP contribution in [0.5, 0.6) is 5.75 Å². The van der Waals surface area contributed by atoms with E-state index in [9.17, 15) is 14.8 Å². The van der Waals surface area contributed by atoms with Gasteiger partial charge in [0.25, 0.3) is 5.91 Å². The zero-order chi connectivity index (χ0) is 16.1. The summed E-state index contributed by atoms with van der Waals surface area (Å²) in [5.74, 6) is -0.805. The molecule has 0 unspecified atom stereocenters. The van der Waals surface area contributed by atoms with Gasteiger partial charge in [-0.25, -0.2) is 5.43 Å². The molecular formula is C12H13N6O4+. The summed E-state index contributed by atoms with van der Waals surface area (Å²) in [6.45, 7) is 1.48. The average Bonchev–Trinajstić information content (AvgIpc) is 2.94. The molecule has 10 nitrogen and oxygen atoms in total. The Balaban J connectivity index is 1.95. The van der Waals surface area contributed by atoms with Gasteiger partial charge in [-0.2, -0.15) is 9.78 Å². The molecule has 1 aromatic heterocycles. The highest BCUT2D eigenvalue weighted by Gasteiger charge is 2.19. The maximum absolute atomic E-state index is 11.7. The van der Waals surface area contributed by atoms with Crippen LogP contribution in [-0.2, 0) is 11.3 Å². The zero-order valence-electron chi connectivity index (χ0n) is 11.5. The van der Waals surface area contributed by atoms with Gasteiger partial charge in [-0.3, -0.25) is 4.79 Å². The smallest absolute Gasteiger partial charge is 0.508 e. The van der Waals surface area contributed by atoms with Crippen molar-refractivity contribution in [2.24, 2.45) is 5.10 Å². The largest absolute Gasteiger partial charge is 0.531 e. The summed E-state index contributed by atoms with van der Waals surface area (Å²) in [7, 11) is 0. The van der Waals surface area contributed by atoms with E-state index in [0.717, 1.165) is 16.6 Å². The Morgan fingerprint density at radius 3 is 2.68 bits per heavy atom. The highest BCUT2D eigenvalue weighted by Crippen LogP contribution is 2.10. The number of carbonyl (C=O) groups excluding carboxylic acids is 1. The molecule has 0 aliphatic carbocycles. The molecule has 0 spiro atoms. The third-order valence-corrected chi connectivity index (χ3v) is 2.63. The molecule has 0 radical (unpaired) electrons. The maximum Gasteiger partial charge on any atom is 0.531 e. The third-order valence-electron chi connectivity index (χ3n) is 2.63. The molecule has 0 atom stereocenters. The molecular weight excluding hydrogens is 292 g/mol. The van der Waals surface area contributed by atoms with Crippen molar-refractivity contribution in [3.05, 3.63) is 41.1 Å². The molecule has 3 N–H and O–H groups in total. The van der Waals surface area contributed by atoms with Gasteiger partial charge in [0.2, 0.25) is 6.33 Å². The number of amides is 1. The van der Waals surface area contributed by atoms with E-state index in [4.69, 9.17) is 5.21 Å². The Hall–Kier alpha value is -3.30. The summed E-state index contributed by atoms with van der Waals surface area (Å²) in [5.41, 5.74) is 3.62. The molecule has 0 bridgehead atoms. The molecule has 1 amide bonds. The quantitative estimate of drug-likeness (QED) is 0.538. The van der Waals surface area contributed by atoms with Crippen LogP contribution in [0.4, 0.5) is 5.95 Å². The van der Waals surface area contributed by atoms with Gasteiger partial charge >= 0.3 is 5.95 Å². The van der Waals surface area contributed by atoms with Gasteiger partial charge in [-0.05, 0) is 41.7 Å². The molecule has 0 aliphatic heterocycles. The fraction of sp³-hybridized carbons (Fsp3) is 0.167. The van der Waals surface area contributed by atoms with Crippen LogP contribution in [0.2, 0.25) is 0 Å². The van der Waals surface area contributed by atoms with E-state index in [1.165, 1.54) is 12.1 Å². The number of rotatable bonds is 5. The van der Waals surface area contributed by atoms with Crippen LogP contribution >= 0.6 is 0 Å². The number of hydrazone groups is 1. The van der Waals surface area contributed by atoms with Crippen molar-refractivity contribution in [1.82, 2.24) is 20.2 Å². The molecule has 0 saturated heterocycles. The van der Waals surface area contributed by atoms with Crippen molar-refractivity contribution in [1.29, 1.82) is 0 Å². The standard InChI is InChI=1S/C12H12N6O4/c1-8(9-2-4-10(19)5-3-9)14-15-11(20)6-17-7-13-12(16-17)18(21)22/h2-5,7H,6H2,1H3,(H2-,14,15,19,20,21,22)/p+1. The Bertz CT molecular complexity index is 721. The number of nitrogens with one attached hydrogen (secondary N) is 1. The number of benzene rings is 1. The monoisotopic (exact) mass is 305 g/mol. The number of carbonyl (C=O) groups is 1. The summed E-state index contributed by atoms with van der Waals surface area (Å²) in [6, 6.07) is 6.34. The van der Waals surface area contributed by atoms with E-state index in [1.807, 2.05) is 0 Å². The van der Waals surface area contributed by atoms with Crippen LogP contribution in [0.1, 0.15) is 12.5 Å². The lowest BCUT2D eigenvalue weighted by Gasteiger charge is -2.02. The number of hydrogen-bond donors (Lipinski definition) is 3. The van der Waals surface area contributed by atoms with Crippen molar-refractivity contribution >= 4 is 17.6 Å². The molecule has 1 heterocycles.